The highest BCUT2D eigenvalue weighted by atomic mass is 35.5. The molecule has 1 saturated heterocycles. The highest BCUT2D eigenvalue weighted by Crippen LogP contribution is 2.35. The molecule has 4 rings (SSSR count). The van der Waals surface area contributed by atoms with Gasteiger partial charge in [-0.25, -0.2) is 0 Å². The van der Waals surface area contributed by atoms with E-state index in [9.17, 15) is 14.9 Å². The van der Waals surface area contributed by atoms with E-state index in [0.717, 1.165) is 18.5 Å². The molecule has 1 aliphatic rings. The summed E-state index contributed by atoms with van der Waals surface area (Å²) in [5, 5.41) is 11.0. The summed E-state index contributed by atoms with van der Waals surface area (Å²) in [6.07, 6.45) is 3.67. The number of likely N-dealkylation sites (tertiary alicyclic amines) is 1. The lowest BCUT2D eigenvalue weighted by molar-refractivity contribution is -0.384. The molecule has 0 spiro atoms. The molecule has 1 N–H and O–H groups in total. The standard InChI is InChI=1S/C19H16ClN3O4/c20-14-11-12(23(25)26)5-6-13(14)17-7-8-18(27-17)19(24)22-10-2-4-16(22)15-3-1-9-21-15/h1,3,5-9,11,16,21H,2,4,10H2/t16-/m1/s1. The van der Waals surface area contributed by atoms with Crippen molar-refractivity contribution < 1.29 is 14.1 Å². The van der Waals surface area contributed by atoms with Crippen LogP contribution in [0.15, 0.2) is 53.1 Å². The Balaban J connectivity index is 1.59. The van der Waals surface area contributed by atoms with Crippen LogP contribution >= 0.6 is 11.6 Å². The number of nitro benzene ring substituents is 1. The van der Waals surface area contributed by atoms with Gasteiger partial charge in [-0.3, -0.25) is 14.9 Å². The molecule has 3 aromatic rings. The summed E-state index contributed by atoms with van der Waals surface area (Å²) in [7, 11) is 0. The number of H-pyrrole nitrogens is 1. The molecule has 0 saturated carbocycles. The number of hydrogen-bond acceptors (Lipinski definition) is 4. The Morgan fingerprint density at radius 2 is 2.15 bits per heavy atom. The summed E-state index contributed by atoms with van der Waals surface area (Å²) in [6.45, 7) is 0.664. The van der Waals surface area contributed by atoms with Gasteiger partial charge in [0.25, 0.3) is 11.6 Å². The quantitative estimate of drug-likeness (QED) is 0.515. The number of carbonyl (C=O) groups is 1. The number of nitrogens with zero attached hydrogens (tertiary/aromatic N) is 2. The van der Waals surface area contributed by atoms with Gasteiger partial charge in [0.1, 0.15) is 5.76 Å². The van der Waals surface area contributed by atoms with E-state index in [1.807, 2.05) is 18.3 Å². The predicted molar refractivity (Wildman–Crippen MR) is 99.6 cm³/mol. The number of benzene rings is 1. The third-order valence-electron chi connectivity index (χ3n) is 4.74. The minimum Gasteiger partial charge on any atom is -0.451 e. The normalized spacial score (nSPS) is 16.6. The molecule has 1 atom stereocenters. The third kappa shape index (κ3) is 3.21. The van der Waals surface area contributed by atoms with E-state index in [0.29, 0.717) is 17.9 Å². The second kappa shape index (κ2) is 6.92. The van der Waals surface area contributed by atoms with Gasteiger partial charge in [0.2, 0.25) is 0 Å². The molecule has 0 unspecified atom stereocenters. The van der Waals surface area contributed by atoms with Gasteiger partial charge in [-0.1, -0.05) is 11.6 Å². The van der Waals surface area contributed by atoms with Crippen molar-refractivity contribution in [3.8, 4) is 11.3 Å². The van der Waals surface area contributed by atoms with Crippen LogP contribution in [0.5, 0.6) is 0 Å². The maximum Gasteiger partial charge on any atom is 0.290 e. The van der Waals surface area contributed by atoms with Gasteiger partial charge in [-0.2, -0.15) is 0 Å². The van der Waals surface area contributed by atoms with Crippen LogP contribution in [-0.4, -0.2) is 27.3 Å². The number of non-ortho nitro benzene ring substituents is 1. The summed E-state index contributed by atoms with van der Waals surface area (Å²) in [4.78, 5) is 28.2. The zero-order valence-corrected chi connectivity index (χ0v) is 15.0. The molecule has 1 fully saturated rings. The molecule has 1 amide bonds. The molecule has 0 aliphatic carbocycles. The molecule has 8 heteroatoms. The van der Waals surface area contributed by atoms with Crippen molar-refractivity contribution in [2.24, 2.45) is 0 Å². The first kappa shape index (κ1) is 17.4. The van der Waals surface area contributed by atoms with Crippen LogP contribution in [0.2, 0.25) is 5.02 Å². The first-order valence-corrected chi connectivity index (χ1v) is 8.91. The Hall–Kier alpha value is -3.06. The van der Waals surface area contributed by atoms with Crippen molar-refractivity contribution in [3.63, 3.8) is 0 Å². The van der Waals surface area contributed by atoms with Crippen molar-refractivity contribution in [1.29, 1.82) is 0 Å². The first-order valence-electron chi connectivity index (χ1n) is 8.53. The van der Waals surface area contributed by atoms with Gasteiger partial charge in [0.05, 0.1) is 16.0 Å². The number of aromatic nitrogens is 1. The molecule has 7 nitrogen and oxygen atoms in total. The molecule has 138 valence electrons. The SMILES string of the molecule is O=C(c1ccc(-c2ccc([N+](=O)[O-])cc2Cl)o1)N1CCC[C@@H]1c1ccc[nH]1. The van der Waals surface area contributed by atoms with Crippen LogP contribution in [0.4, 0.5) is 5.69 Å². The van der Waals surface area contributed by atoms with Crippen LogP contribution in [-0.2, 0) is 0 Å². The number of rotatable bonds is 4. The van der Waals surface area contributed by atoms with E-state index in [-0.39, 0.29) is 28.4 Å². The highest BCUT2D eigenvalue weighted by molar-refractivity contribution is 6.33. The van der Waals surface area contributed by atoms with Gasteiger partial charge in [0, 0.05) is 36.1 Å². The van der Waals surface area contributed by atoms with Crippen molar-refractivity contribution in [3.05, 3.63) is 75.3 Å². The summed E-state index contributed by atoms with van der Waals surface area (Å²) in [5.74, 6) is 0.433. The first-order chi connectivity index (χ1) is 13.0. The van der Waals surface area contributed by atoms with Crippen LogP contribution in [0.25, 0.3) is 11.3 Å². The molecule has 1 aliphatic heterocycles. The highest BCUT2D eigenvalue weighted by Gasteiger charge is 2.32. The predicted octanol–water partition coefficient (Wildman–Crippen LogP) is 4.81. The van der Waals surface area contributed by atoms with Crippen molar-refractivity contribution >= 4 is 23.2 Å². The van der Waals surface area contributed by atoms with E-state index in [1.54, 1.807) is 17.0 Å². The molecule has 0 bridgehead atoms. The molecule has 27 heavy (non-hydrogen) atoms. The number of amides is 1. The molecule has 2 aromatic heterocycles. The number of aromatic amines is 1. The minimum atomic E-state index is -0.513. The molecular weight excluding hydrogens is 370 g/mol. The van der Waals surface area contributed by atoms with E-state index in [2.05, 4.69) is 4.98 Å². The average molecular weight is 386 g/mol. The zero-order chi connectivity index (χ0) is 19.0. The van der Waals surface area contributed by atoms with E-state index in [1.165, 1.54) is 18.2 Å². The van der Waals surface area contributed by atoms with Gasteiger partial charge in [0.15, 0.2) is 5.76 Å². The summed E-state index contributed by atoms with van der Waals surface area (Å²) in [5.41, 5.74) is 1.41. The summed E-state index contributed by atoms with van der Waals surface area (Å²) in [6, 6.07) is 11.3. The Labute approximate surface area is 159 Å². The van der Waals surface area contributed by atoms with Crippen molar-refractivity contribution in [2.75, 3.05) is 6.54 Å². The zero-order valence-electron chi connectivity index (χ0n) is 14.2. The van der Waals surface area contributed by atoms with E-state index >= 15 is 0 Å². The van der Waals surface area contributed by atoms with Crippen molar-refractivity contribution in [2.45, 2.75) is 18.9 Å². The van der Waals surface area contributed by atoms with E-state index < -0.39 is 4.92 Å². The lowest BCUT2D eigenvalue weighted by Gasteiger charge is -2.23. The van der Waals surface area contributed by atoms with Crippen molar-refractivity contribution in [1.82, 2.24) is 9.88 Å². The lowest BCUT2D eigenvalue weighted by Crippen LogP contribution is -2.30. The Kier molecular flexibility index (Phi) is 4.45. The van der Waals surface area contributed by atoms with Crippen LogP contribution in [0, 0.1) is 10.1 Å². The van der Waals surface area contributed by atoms with Gasteiger partial charge < -0.3 is 14.3 Å². The fourth-order valence-electron chi connectivity index (χ4n) is 3.44. The van der Waals surface area contributed by atoms with Crippen LogP contribution in [0.1, 0.15) is 35.1 Å². The Morgan fingerprint density at radius 3 is 2.85 bits per heavy atom. The largest absolute Gasteiger partial charge is 0.451 e. The maximum atomic E-state index is 12.9. The Morgan fingerprint density at radius 1 is 1.30 bits per heavy atom. The molecular formula is C19H16ClN3O4. The monoisotopic (exact) mass is 385 g/mol. The van der Waals surface area contributed by atoms with Gasteiger partial charge in [-0.05, 0) is 43.2 Å². The van der Waals surface area contributed by atoms with Crippen LogP contribution < -0.4 is 0 Å². The minimum absolute atomic E-state index is 0.00372. The topological polar surface area (TPSA) is 92.4 Å². The number of carbonyl (C=O) groups excluding carboxylic acids is 1. The second-order valence-corrected chi connectivity index (χ2v) is 6.77. The van der Waals surface area contributed by atoms with Gasteiger partial charge >= 0.3 is 0 Å². The summed E-state index contributed by atoms with van der Waals surface area (Å²) < 4.78 is 5.74. The van der Waals surface area contributed by atoms with E-state index in [4.69, 9.17) is 16.0 Å². The number of nitrogens with one attached hydrogen (secondary N) is 1. The fourth-order valence-corrected chi connectivity index (χ4v) is 3.71. The smallest absolute Gasteiger partial charge is 0.290 e. The van der Waals surface area contributed by atoms with Gasteiger partial charge in [-0.15, -0.1) is 0 Å². The lowest BCUT2D eigenvalue weighted by atomic mass is 10.1. The number of furan rings is 1. The number of hydrogen-bond donors (Lipinski definition) is 1. The molecule has 3 heterocycles. The fraction of sp³-hybridized carbons (Fsp3) is 0.211. The number of halogens is 1. The average Bonchev–Trinajstić information content (AvgIpc) is 3.40. The Bertz CT molecular complexity index is 996. The van der Waals surface area contributed by atoms with Crippen LogP contribution in [0.3, 0.4) is 0 Å². The molecule has 1 aromatic carbocycles. The number of nitro groups is 1. The third-order valence-corrected chi connectivity index (χ3v) is 5.05. The summed E-state index contributed by atoms with van der Waals surface area (Å²) >= 11 is 6.15. The molecule has 0 radical (unpaired) electrons. The maximum absolute atomic E-state index is 12.9. The second-order valence-electron chi connectivity index (χ2n) is 6.37.